The van der Waals surface area contributed by atoms with Crippen LogP contribution in [-0.4, -0.2) is 99.9 Å². The Morgan fingerprint density at radius 1 is 0.787 bits per heavy atom. The molecule has 3 atom stereocenters. The third kappa shape index (κ3) is 11.8. The van der Waals surface area contributed by atoms with E-state index >= 15 is 4.79 Å². The highest BCUT2D eigenvalue weighted by Gasteiger charge is 2.44. The molecule has 61 heavy (non-hydrogen) atoms. The molecule has 3 amide bonds. The van der Waals surface area contributed by atoms with Crippen LogP contribution in [0.15, 0.2) is 48.7 Å². The molecule has 0 spiro atoms. The Morgan fingerprint density at radius 2 is 1.46 bits per heavy atom. The summed E-state index contributed by atoms with van der Waals surface area (Å²) in [7, 11) is 0. The SMILES string of the molecule is Cc1cc(Cl)c(O[C@H]2CCN(c3ccc([C@H]4CCN(C(=O)OC(C)(C)C)C[C@@H]4C(=O)N(Cc4cc(CCN(C(=O)OC(C)(C)C)C5CC5)ccc4Cl)C4CC4)cn3)C2)c(Cl)c1. The van der Waals surface area contributed by atoms with Gasteiger partial charge in [0.05, 0.1) is 22.5 Å². The number of ether oxygens (including phenoxy) is 3. The molecule has 0 N–H and O–H groups in total. The average Bonchev–Trinajstić information content (AvgIpc) is 4.13. The number of hydrogen-bond donors (Lipinski definition) is 0. The van der Waals surface area contributed by atoms with E-state index in [0.29, 0.717) is 59.8 Å². The van der Waals surface area contributed by atoms with E-state index in [2.05, 4.69) is 17.0 Å². The minimum atomic E-state index is -0.671. The van der Waals surface area contributed by atoms with Gasteiger partial charge in [0.25, 0.3) is 0 Å². The van der Waals surface area contributed by atoms with E-state index in [9.17, 15) is 9.59 Å². The zero-order chi connectivity index (χ0) is 43.8. The van der Waals surface area contributed by atoms with Crippen LogP contribution in [-0.2, 0) is 27.2 Å². The molecular formula is C47H60Cl3N5O6. The highest BCUT2D eigenvalue weighted by atomic mass is 35.5. The first-order valence-electron chi connectivity index (χ1n) is 21.7. The number of likely N-dealkylation sites (tertiary alicyclic amines) is 1. The van der Waals surface area contributed by atoms with Crippen molar-refractivity contribution in [3.05, 3.63) is 86.0 Å². The molecule has 2 aliphatic heterocycles. The number of benzene rings is 2. The zero-order valence-corrected chi connectivity index (χ0v) is 38.8. The number of nitrogens with zero attached hydrogens (tertiary/aromatic N) is 5. The molecule has 0 unspecified atom stereocenters. The van der Waals surface area contributed by atoms with Crippen molar-refractivity contribution in [3.8, 4) is 5.75 Å². The molecule has 2 aliphatic carbocycles. The number of aryl methyl sites for hydroxylation is 1. The van der Waals surface area contributed by atoms with Crippen LogP contribution in [0.2, 0.25) is 15.1 Å². The van der Waals surface area contributed by atoms with Gasteiger partial charge < -0.3 is 33.8 Å². The largest absolute Gasteiger partial charge is 0.485 e. The molecule has 2 saturated carbocycles. The van der Waals surface area contributed by atoms with E-state index in [-0.39, 0.29) is 42.7 Å². The van der Waals surface area contributed by atoms with Gasteiger partial charge in [-0.05, 0) is 134 Å². The fourth-order valence-electron chi connectivity index (χ4n) is 8.35. The fraction of sp³-hybridized carbons (Fsp3) is 0.574. The molecule has 330 valence electrons. The summed E-state index contributed by atoms with van der Waals surface area (Å²) in [5, 5.41) is 1.58. The highest BCUT2D eigenvalue weighted by Crippen LogP contribution is 2.40. The summed E-state index contributed by atoms with van der Waals surface area (Å²) in [6.45, 7) is 16.1. The lowest BCUT2D eigenvalue weighted by Crippen LogP contribution is -2.51. The summed E-state index contributed by atoms with van der Waals surface area (Å²) in [4.78, 5) is 54.1. The first-order valence-corrected chi connectivity index (χ1v) is 22.8. The van der Waals surface area contributed by atoms with Crippen molar-refractivity contribution in [1.29, 1.82) is 0 Å². The Morgan fingerprint density at radius 3 is 2.08 bits per heavy atom. The third-order valence-electron chi connectivity index (χ3n) is 11.7. The molecule has 3 aromatic rings. The number of amides is 3. The van der Waals surface area contributed by atoms with E-state index in [1.54, 1.807) is 4.90 Å². The van der Waals surface area contributed by atoms with E-state index in [1.165, 1.54) is 0 Å². The van der Waals surface area contributed by atoms with Crippen LogP contribution in [0.4, 0.5) is 15.4 Å². The topological polar surface area (TPSA) is 105 Å². The molecule has 2 saturated heterocycles. The minimum Gasteiger partial charge on any atom is -0.485 e. The van der Waals surface area contributed by atoms with Crippen LogP contribution in [0.1, 0.15) is 108 Å². The van der Waals surface area contributed by atoms with Crippen molar-refractivity contribution in [1.82, 2.24) is 19.7 Å². The molecule has 4 aliphatic rings. The molecule has 0 radical (unpaired) electrons. The summed E-state index contributed by atoms with van der Waals surface area (Å²) in [6, 6.07) is 14.0. The molecule has 7 rings (SSSR count). The predicted octanol–water partition coefficient (Wildman–Crippen LogP) is 10.5. The van der Waals surface area contributed by atoms with E-state index < -0.39 is 23.2 Å². The Bertz CT molecular complexity index is 2060. The summed E-state index contributed by atoms with van der Waals surface area (Å²) in [5.74, 6) is 0.626. The number of carbonyl (C=O) groups is 3. The van der Waals surface area contributed by atoms with Crippen LogP contribution in [0.5, 0.6) is 5.75 Å². The molecule has 1 aromatic heterocycles. The molecule has 11 nitrogen and oxygen atoms in total. The summed E-state index contributed by atoms with van der Waals surface area (Å²) >= 11 is 19.8. The molecule has 0 bridgehead atoms. The van der Waals surface area contributed by atoms with Gasteiger partial charge >= 0.3 is 12.2 Å². The number of pyridine rings is 1. The van der Waals surface area contributed by atoms with E-state index in [1.807, 2.05) is 94.8 Å². The second-order valence-corrected chi connectivity index (χ2v) is 20.4. The van der Waals surface area contributed by atoms with Crippen molar-refractivity contribution in [2.24, 2.45) is 5.92 Å². The quantitative estimate of drug-likeness (QED) is 0.177. The lowest BCUT2D eigenvalue weighted by atomic mass is 9.80. The first kappa shape index (κ1) is 45.1. The number of anilines is 1. The van der Waals surface area contributed by atoms with Crippen molar-refractivity contribution < 1.29 is 28.6 Å². The maximum atomic E-state index is 15.0. The Hall–Kier alpha value is -3.93. The Labute approximate surface area is 375 Å². The normalized spacial score (nSPS) is 20.7. The molecular weight excluding hydrogens is 837 g/mol. The predicted molar refractivity (Wildman–Crippen MR) is 240 cm³/mol. The van der Waals surface area contributed by atoms with Gasteiger partial charge in [-0.2, -0.15) is 0 Å². The maximum Gasteiger partial charge on any atom is 0.410 e. The minimum absolute atomic E-state index is 0.0101. The highest BCUT2D eigenvalue weighted by molar-refractivity contribution is 6.37. The standard InChI is InChI=1S/C47H60Cl3N5O6/c1-29-22-39(49)42(40(50)23-29)59-35-17-19-52(27-35)41-15-9-31(25-51-41)36-18-20-53(44(57)60-46(2,3)4)28-37(36)43(56)55(34-12-13-34)26-32-24-30(8-14-38(32)48)16-21-54(33-10-11-33)45(58)61-47(5,6)7/h8-9,14-15,22-25,33-37H,10-13,16-21,26-28H2,1-7H3/t35-,36+,37-/m0/s1. The monoisotopic (exact) mass is 895 g/mol. The molecule has 3 heterocycles. The maximum absolute atomic E-state index is 15.0. The van der Waals surface area contributed by atoms with Crippen molar-refractivity contribution in [2.45, 2.75) is 135 Å². The van der Waals surface area contributed by atoms with Crippen LogP contribution < -0.4 is 9.64 Å². The summed E-state index contributed by atoms with van der Waals surface area (Å²) in [5.41, 5.74) is 2.58. The van der Waals surface area contributed by atoms with Gasteiger partial charge in [-0.15, -0.1) is 0 Å². The van der Waals surface area contributed by atoms with Crippen molar-refractivity contribution >= 4 is 58.7 Å². The van der Waals surface area contributed by atoms with Gasteiger partial charge in [0.2, 0.25) is 5.91 Å². The number of piperidine rings is 1. The van der Waals surface area contributed by atoms with Crippen LogP contribution in [0.25, 0.3) is 0 Å². The number of carbonyl (C=O) groups excluding carboxylic acids is 3. The van der Waals surface area contributed by atoms with Gasteiger partial charge in [0.15, 0.2) is 5.75 Å². The molecule has 14 heteroatoms. The average molecular weight is 897 g/mol. The summed E-state index contributed by atoms with van der Waals surface area (Å²) < 4.78 is 17.8. The second kappa shape index (κ2) is 18.4. The third-order valence-corrected chi connectivity index (χ3v) is 12.6. The van der Waals surface area contributed by atoms with Gasteiger partial charge in [0, 0.05) is 68.4 Å². The van der Waals surface area contributed by atoms with Gasteiger partial charge in [-0.1, -0.05) is 53.0 Å². The second-order valence-electron chi connectivity index (χ2n) is 19.2. The number of rotatable bonds is 12. The zero-order valence-electron chi connectivity index (χ0n) is 36.5. The lowest BCUT2D eigenvalue weighted by molar-refractivity contribution is -0.139. The number of halogens is 3. The van der Waals surface area contributed by atoms with Gasteiger partial charge in [-0.25, -0.2) is 14.6 Å². The number of hydrogen-bond acceptors (Lipinski definition) is 8. The van der Waals surface area contributed by atoms with Crippen molar-refractivity contribution in [2.75, 3.05) is 37.6 Å². The molecule has 4 fully saturated rings. The first-order chi connectivity index (χ1) is 28.8. The van der Waals surface area contributed by atoms with Crippen LogP contribution in [0.3, 0.4) is 0 Å². The Kier molecular flexibility index (Phi) is 13.6. The summed E-state index contributed by atoms with van der Waals surface area (Å²) in [6.07, 6.45) is 6.85. The van der Waals surface area contributed by atoms with Crippen LogP contribution in [0, 0.1) is 12.8 Å². The Balaban J connectivity index is 1.07. The van der Waals surface area contributed by atoms with Gasteiger partial charge in [0.1, 0.15) is 23.1 Å². The van der Waals surface area contributed by atoms with Crippen molar-refractivity contribution in [3.63, 3.8) is 0 Å². The number of aromatic nitrogens is 1. The fourth-order valence-corrected chi connectivity index (χ4v) is 9.21. The lowest BCUT2D eigenvalue weighted by Gasteiger charge is -2.40. The molecule has 2 aromatic carbocycles. The van der Waals surface area contributed by atoms with E-state index in [4.69, 9.17) is 54.0 Å². The smallest absolute Gasteiger partial charge is 0.410 e. The van der Waals surface area contributed by atoms with Crippen LogP contribution >= 0.6 is 34.8 Å². The van der Waals surface area contributed by atoms with Gasteiger partial charge in [-0.3, -0.25) is 4.79 Å². The van der Waals surface area contributed by atoms with E-state index in [0.717, 1.165) is 66.7 Å².